The monoisotopic (exact) mass is 478 g/mol. The molecule has 11 heteroatoms. The quantitative estimate of drug-likeness (QED) is 0.522. The molecule has 32 heavy (non-hydrogen) atoms. The summed E-state index contributed by atoms with van der Waals surface area (Å²) >= 11 is 5.78. The van der Waals surface area contributed by atoms with Crippen LogP contribution in [0, 0.1) is 0 Å². The first kappa shape index (κ1) is 23.7. The predicted octanol–water partition coefficient (Wildman–Crippen LogP) is 1.71. The number of nitrogens with zero attached hydrogens (tertiary/aromatic N) is 1. The molecule has 0 aromatic heterocycles. The van der Waals surface area contributed by atoms with Crippen LogP contribution in [0.25, 0.3) is 0 Å². The molecular weight excluding hydrogens is 456 g/mol. The largest absolute Gasteiger partial charge is 0.352 e. The molecule has 1 aliphatic heterocycles. The first-order valence-corrected chi connectivity index (χ1v) is 11.8. The summed E-state index contributed by atoms with van der Waals surface area (Å²) in [7, 11) is -3.65. The SMILES string of the molecule is O=C(CCNC(=O)c1ccc(Cl)cc1)NNC(=O)c1cccc(S(=O)(=O)N2CCCC2)c1. The predicted molar refractivity (Wildman–Crippen MR) is 118 cm³/mol. The van der Waals surface area contributed by atoms with E-state index in [2.05, 4.69) is 16.2 Å². The maximum absolute atomic E-state index is 12.7. The van der Waals surface area contributed by atoms with Gasteiger partial charge in [0.1, 0.15) is 0 Å². The minimum atomic E-state index is -3.65. The average molecular weight is 479 g/mol. The van der Waals surface area contributed by atoms with E-state index in [1.165, 1.54) is 28.6 Å². The summed E-state index contributed by atoms with van der Waals surface area (Å²) in [5, 5.41) is 3.10. The van der Waals surface area contributed by atoms with Crippen molar-refractivity contribution in [2.45, 2.75) is 24.2 Å². The van der Waals surface area contributed by atoms with Gasteiger partial charge in [-0.2, -0.15) is 4.31 Å². The molecule has 0 unspecified atom stereocenters. The Balaban J connectivity index is 1.47. The molecule has 1 saturated heterocycles. The zero-order chi connectivity index (χ0) is 23.1. The van der Waals surface area contributed by atoms with Gasteiger partial charge in [-0.1, -0.05) is 17.7 Å². The van der Waals surface area contributed by atoms with Gasteiger partial charge in [-0.15, -0.1) is 0 Å². The lowest BCUT2D eigenvalue weighted by Crippen LogP contribution is -2.42. The number of carbonyl (C=O) groups excluding carboxylic acids is 3. The second-order valence-corrected chi connectivity index (χ2v) is 9.53. The topological polar surface area (TPSA) is 125 Å². The van der Waals surface area contributed by atoms with Crippen molar-refractivity contribution in [2.75, 3.05) is 19.6 Å². The summed E-state index contributed by atoms with van der Waals surface area (Å²) < 4.78 is 26.7. The van der Waals surface area contributed by atoms with Crippen LogP contribution in [0.2, 0.25) is 5.02 Å². The number of carbonyl (C=O) groups is 3. The molecule has 0 saturated carbocycles. The van der Waals surface area contributed by atoms with Gasteiger partial charge >= 0.3 is 0 Å². The fourth-order valence-corrected chi connectivity index (χ4v) is 4.82. The highest BCUT2D eigenvalue weighted by Gasteiger charge is 2.27. The molecule has 0 aliphatic carbocycles. The van der Waals surface area contributed by atoms with Crippen LogP contribution in [-0.4, -0.2) is 50.1 Å². The number of halogens is 1. The maximum atomic E-state index is 12.7. The third kappa shape index (κ3) is 6.06. The van der Waals surface area contributed by atoms with Crippen molar-refractivity contribution >= 4 is 39.3 Å². The van der Waals surface area contributed by atoms with Crippen molar-refractivity contribution < 1.29 is 22.8 Å². The third-order valence-electron chi connectivity index (χ3n) is 4.86. The van der Waals surface area contributed by atoms with Gasteiger partial charge in [-0.3, -0.25) is 25.2 Å². The number of rotatable bonds is 7. The minimum Gasteiger partial charge on any atom is -0.352 e. The molecule has 3 amide bonds. The Morgan fingerprint density at radius 2 is 1.59 bits per heavy atom. The highest BCUT2D eigenvalue weighted by atomic mass is 35.5. The lowest BCUT2D eigenvalue weighted by atomic mass is 10.2. The van der Waals surface area contributed by atoms with Gasteiger partial charge in [-0.25, -0.2) is 8.42 Å². The van der Waals surface area contributed by atoms with Crippen molar-refractivity contribution in [3.63, 3.8) is 0 Å². The highest BCUT2D eigenvalue weighted by Crippen LogP contribution is 2.21. The van der Waals surface area contributed by atoms with Crippen molar-refractivity contribution in [2.24, 2.45) is 0 Å². The van der Waals surface area contributed by atoms with Gasteiger partial charge in [-0.05, 0) is 55.3 Å². The van der Waals surface area contributed by atoms with E-state index in [4.69, 9.17) is 11.6 Å². The number of amides is 3. The number of hydrogen-bond acceptors (Lipinski definition) is 5. The Morgan fingerprint density at radius 3 is 2.28 bits per heavy atom. The fourth-order valence-electron chi connectivity index (χ4n) is 3.13. The molecule has 0 bridgehead atoms. The lowest BCUT2D eigenvalue weighted by Gasteiger charge is -2.16. The van der Waals surface area contributed by atoms with Gasteiger partial charge in [0, 0.05) is 42.2 Å². The van der Waals surface area contributed by atoms with Crippen molar-refractivity contribution in [1.82, 2.24) is 20.5 Å². The van der Waals surface area contributed by atoms with E-state index < -0.39 is 21.8 Å². The number of benzene rings is 2. The van der Waals surface area contributed by atoms with Gasteiger partial charge in [0.25, 0.3) is 11.8 Å². The number of hydrazine groups is 1. The van der Waals surface area contributed by atoms with E-state index in [1.54, 1.807) is 24.3 Å². The summed E-state index contributed by atoms with van der Waals surface area (Å²) in [5.41, 5.74) is 5.00. The Kier molecular flexibility index (Phi) is 7.84. The molecule has 1 aliphatic rings. The Labute approximate surface area is 191 Å². The van der Waals surface area contributed by atoms with Gasteiger partial charge < -0.3 is 5.32 Å². The fraction of sp³-hybridized carbons (Fsp3) is 0.286. The van der Waals surface area contributed by atoms with E-state index in [9.17, 15) is 22.8 Å². The van der Waals surface area contributed by atoms with Gasteiger partial charge in [0.2, 0.25) is 15.9 Å². The van der Waals surface area contributed by atoms with Crippen LogP contribution in [0.4, 0.5) is 0 Å². The molecule has 0 atom stereocenters. The van der Waals surface area contributed by atoms with E-state index in [1.807, 2.05) is 0 Å². The minimum absolute atomic E-state index is 0.0308. The van der Waals surface area contributed by atoms with Crippen LogP contribution in [0.5, 0.6) is 0 Å². The zero-order valence-corrected chi connectivity index (χ0v) is 18.7. The smallest absolute Gasteiger partial charge is 0.269 e. The average Bonchev–Trinajstić information content (AvgIpc) is 3.34. The summed E-state index contributed by atoms with van der Waals surface area (Å²) in [5.74, 6) is -1.52. The highest BCUT2D eigenvalue weighted by molar-refractivity contribution is 7.89. The van der Waals surface area contributed by atoms with Crippen LogP contribution in [0.15, 0.2) is 53.4 Å². The normalized spacial score (nSPS) is 14.0. The first-order valence-electron chi connectivity index (χ1n) is 10.0. The molecule has 0 radical (unpaired) electrons. The van der Waals surface area contributed by atoms with Crippen molar-refractivity contribution in [3.8, 4) is 0 Å². The Bertz CT molecular complexity index is 1100. The summed E-state index contributed by atoms with van der Waals surface area (Å²) in [6.07, 6.45) is 1.56. The van der Waals surface area contributed by atoms with Crippen LogP contribution < -0.4 is 16.2 Å². The van der Waals surface area contributed by atoms with E-state index >= 15 is 0 Å². The number of sulfonamides is 1. The lowest BCUT2D eigenvalue weighted by molar-refractivity contribution is -0.121. The molecule has 2 aromatic carbocycles. The molecule has 1 fully saturated rings. The summed E-state index contributed by atoms with van der Waals surface area (Å²) in [4.78, 5) is 36.3. The second kappa shape index (κ2) is 10.6. The molecule has 9 nitrogen and oxygen atoms in total. The Morgan fingerprint density at radius 1 is 0.906 bits per heavy atom. The summed E-state index contributed by atoms with van der Waals surface area (Å²) in [6.45, 7) is 0.986. The van der Waals surface area contributed by atoms with E-state index in [0.717, 1.165) is 12.8 Å². The second-order valence-electron chi connectivity index (χ2n) is 7.15. The maximum Gasteiger partial charge on any atom is 0.269 e. The molecule has 2 aromatic rings. The van der Waals surface area contributed by atoms with Crippen LogP contribution in [0.1, 0.15) is 40.0 Å². The van der Waals surface area contributed by atoms with E-state index in [0.29, 0.717) is 23.7 Å². The van der Waals surface area contributed by atoms with Crippen LogP contribution >= 0.6 is 11.6 Å². The van der Waals surface area contributed by atoms with E-state index in [-0.39, 0.29) is 29.3 Å². The molecule has 3 N–H and O–H groups in total. The standard InChI is InChI=1S/C21H23ClN4O5S/c22-17-8-6-15(7-9-17)20(28)23-11-10-19(27)24-25-21(29)16-4-3-5-18(14-16)32(30,31)26-12-1-2-13-26/h3-9,14H,1-2,10-13H2,(H,23,28)(H,24,27)(H,25,29). The van der Waals surface area contributed by atoms with Crippen molar-refractivity contribution in [3.05, 3.63) is 64.7 Å². The molecule has 0 spiro atoms. The van der Waals surface area contributed by atoms with Crippen LogP contribution in [-0.2, 0) is 14.8 Å². The molecular formula is C21H23ClN4O5S. The zero-order valence-electron chi connectivity index (χ0n) is 17.1. The molecule has 1 heterocycles. The summed E-state index contributed by atoms with van der Waals surface area (Å²) in [6, 6.07) is 12.0. The first-order chi connectivity index (χ1) is 15.3. The van der Waals surface area contributed by atoms with Gasteiger partial charge in [0.15, 0.2) is 0 Å². The molecule has 170 valence electrons. The third-order valence-corrected chi connectivity index (χ3v) is 7.01. The molecule has 3 rings (SSSR count). The van der Waals surface area contributed by atoms with Crippen molar-refractivity contribution in [1.29, 1.82) is 0 Å². The Hall–Kier alpha value is -2.95. The van der Waals surface area contributed by atoms with Gasteiger partial charge in [0.05, 0.1) is 4.90 Å². The van der Waals surface area contributed by atoms with Crippen LogP contribution in [0.3, 0.4) is 0 Å². The number of hydrogen-bond donors (Lipinski definition) is 3. The number of nitrogens with one attached hydrogen (secondary N) is 3.